The molecule has 0 radical (unpaired) electrons. The fraction of sp³-hybridized carbons (Fsp3) is 0.100. The number of carbonyl (C=O) groups is 1. The van der Waals surface area contributed by atoms with E-state index in [-0.39, 0.29) is 17.8 Å². The predicted octanol–water partition coefficient (Wildman–Crippen LogP) is 3.73. The molecule has 1 amide bonds. The zero-order chi connectivity index (χ0) is 20.1. The molecule has 2 aromatic carbocycles. The summed E-state index contributed by atoms with van der Waals surface area (Å²) >= 11 is -2.52. The number of hydrogen-bond donors (Lipinski definition) is 2. The molecular formula is C20H18FN3O3S. The van der Waals surface area contributed by atoms with E-state index in [2.05, 4.69) is 10.3 Å². The number of hydrogen-bond acceptors (Lipinski definition) is 3. The second kappa shape index (κ2) is 8.73. The van der Waals surface area contributed by atoms with Crippen molar-refractivity contribution in [2.75, 3.05) is 4.31 Å². The summed E-state index contributed by atoms with van der Waals surface area (Å²) < 4.78 is 37.0. The molecule has 1 aromatic heterocycles. The van der Waals surface area contributed by atoms with Crippen LogP contribution in [0.15, 0.2) is 67.0 Å². The van der Waals surface area contributed by atoms with Crippen LogP contribution >= 0.6 is 0 Å². The van der Waals surface area contributed by atoms with E-state index in [1.165, 1.54) is 12.1 Å². The van der Waals surface area contributed by atoms with Crippen LogP contribution in [0.2, 0.25) is 0 Å². The smallest absolute Gasteiger partial charge is 0.266 e. The van der Waals surface area contributed by atoms with E-state index < -0.39 is 23.0 Å². The number of nitrogens with zero attached hydrogens (tertiary/aromatic N) is 2. The van der Waals surface area contributed by atoms with Crippen molar-refractivity contribution in [2.24, 2.45) is 0 Å². The first-order valence-electron chi connectivity index (χ1n) is 8.40. The Morgan fingerprint density at radius 1 is 1.21 bits per heavy atom. The second-order valence-electron chi connectivity index (χ2n) is 6.07. The Hall–Kier alpha value is -3.10. The van der Waals surface area contributed by atoms with Gasteiger partial charge in [-0.1, -0.05) is 23.8 Å². The lowest BCUT2D eigenvalue weighted by atomic mass is 10.1. The van der Waals surface area contributed by atoms with Gasteiger partial charge in [0.2, 0.25) is 0 Å². The van der Waals surface area contributed by atoms with Crippen molar-refractivity contribution >= 4 is 28.5 Å². The first-order valence-corrected chi connectivity index (χ1v) is 9.46. The van der Waals surface area contributed by atoms with Crippen molar-refractivity contribution in [1.29, 1.82) is 0 Å². The minimum atomic E-state index is -2.52. The summed E-state index contributed by atoms with van der Waals surface area (Å²) in [5.74, 6) is -1.15. The highest BCUT2D eigenvalue weighted by atomic mass is 32.2. The van der Waals surface area contributed by atoms with E-state index in [1.54, 1.807) is 42.7 Å². The van der Waals surface area contributed by atoms with Gasteiger partial charge in [0.1, 0.15) is 5.82 Å². The number of halogens is 1. The molecule has 0 saturated heterocycles. The Bertz CT molecular complexity index is 997. The van der Waals surface area contributed by atoms with Gasteiger partial charge in [-0.2, -0.15) is 0 Å². The average molecular weight is 399 g/mol. The van der Waals surface area contributed by atoms with E-state index in [1.807, 2.05) is 13.0 Å². The highest BCUT2D eigenvalue weighted by Crippen LogP contribution is 2.30. The molecule has 0 bridgehead atoms. The van der Waals surface area contributed by atoms with Crippen LogP contribution in [-0.4, -0.2) is 19.7 Å². The molecule has 3 rings (SSSR count). The molecule has 1 atom stereocenters. The molecule has 6 nitrogen and oxygen atoms in total. The van der Waals surface area contributed by atoms with Crippen LogP contribution in [0.5, 0.6) is 0 Å². The van der Waals surface area contributed by atoms with Gasteiger partial charge < -0.3 is 5.32 Å². The van der Waals surface area contributed by atoms with Gasteiger partial charge in [0.25, 0.3) is 17.2 Å². The van der Waals surface area contributed by atoms with E-state index in [0.717, 1.165) is 21.5 Å². The molecule has 144 valence electrons. The molecule has 0 aliphatic carbocycles. The third-order valence-corrected chi connectivity index (χ3v) is 4.75. The summed E-state index contributed by atoms with van der Waals surface area (Å²) in [6.45, 7) is 2.13. The third-order valence-electron chi connectivity index (χ3n) is 4.03. The highest BCUT2D eigenvalue weighted by Gasteiger charge is 2.21. The first kappa shape index (κ1) is 19.7. The molecule has 1 heterocycles. The summed E-state index contributed by atoms with van der Waals surface area (Å²) in [7, 11) is 0. The Morgan fingerprint density at radius 3 is 2.61 bits per heavy atom. The monoisotopic (exact) mass is 399 g/mol. The summed E-state index contributed by atoms with van der Waals surface area (Å²) in [6.07, 6.45) is 3.26. The van der Waals surface area contributed by atoms with Crippen LogP contribution in [0.1, 0.15) is 21.5 Å². The number of carbonyl (C=O) groups excluding carboxylic acids is 1. The van der Waals surface area contributed by atoms with Gasteiger partial charge in [0.15, 0.2) is 0 Å². The number of amides is 1. The lowest BCUT2D eigenvalue weighted by Crippen LogP contribution is -2.24. The topological polar surface area (TPSA) is 82.5 Å². The number of benzene rings is 2. The molecule has 28 heavy (non-hydrogen) atoms. The van der Waals surface area contributed by atoms with Gasteiger partial charge in [0.05, 0.1) is 11.4 Å². The standard InChI is InChI=1S/C20H18FN3O3S/c1-14-4-7-17(8-5-14)24(28(26)27)19-11-16(6-9-18(19)21)20(25)23-13-15-3-2-10-22-12-15/h2-12H,13H2,1H3,(H,23,25)(H,26,27). The number of anilines is 2. The van der Waals surface area contributed by atoms with Crippen molar-refractivity contribution in [3.05, 3.63) is 89.5 Å². The normalized spacial score (nSPS) is 11.7. The van der Waals surface area contributed by atoms with Crippen LogP contribution in [-0.2, 0) is 17.8 Å². The van der Waals surface area contributed by atoms with Crippen LogP contribution in [0.4, 0.5) is 15.8 Å². The second-order valence-corrected chi connectivity index (χ2v) is 6.90. The maximum Gasteiger partial charge on any atom is 0.266 e. The largest absolute Gasteiger partial charge is 0.348 e. The molecule has 0 aliphatic heterocycles. The molecule has 0 spiro atoms. The lowest BCUT2D eigenvalue weighted by molar-refractivity contribution is 0.0951. The van der Waals surface area contributed by atoms with Crippen molar-refractivity contribution in [3.8, 4) is 0 Å². The zero-order valence-electron chi connectivity index (χ0n) is 15.0. The molecule has 2 N–H and O–H groups in total. The highest BCUT2D eigenvalue weighted by molar-refractivity contribution is 7.81. The fourth-order valence-corrected chi connectivity index (χ4v) is 3.20. The fourth-order valence-electron chi connectivity index (χ4n) is 2.59. The first-order chi connectivity index (χ1) is 13.5. The number of pyridine rings is 1. The Labute approximate surface area is 164 Å². The predicted molar refractivity (Wildman–Crippen MR) is 106 cm³/mol. The van der Waals surface area contributed by atoms with Gasteiger partial charge in [-0.3, -0.25) is 14.3 Å². The third kappa shape index (κ3) is 4.59. The number of aryl methyl sites for hydroxylation is 1. The Balaban J connectivity index is 1.87. The summed E-state index contributed by atoms with van der Waals surface area (Å²) in [6, 6.07) is 14.0. The van der Waals surface area contributed by atoms with Gasteiger partial charge in [-0.25, -0.2) is 12.9 Å². The van der Waals surface area contributed by atoms with E-state index in [0.29, 0.717) is 5.69 Å². The van der Waals surface area contributed by atoms with E-state index >= 15 is 0 Å². The minimum absolute atomic E-state index is 0.168. The van der Waals surface area contributed by atoms with Crippen LogP contribution < -0.4 is 9.62 Å². The molecule has 0 aliphatic rings. The zero-order valence-corrected chi connectivity index (χ0v) is 15.8. The summed E-state index contributed by atoms with van der Waals surface area (Å²) in [5.41, 5.74) is 2.10. The van der Waals surface area contributed by atoms with Crippen LogP contribution in [0, 0.1) is 12.7 Å². The lowest BCUT2D eigenvalue weighted by Gasteiger charge is -2.21. The molecule has 3 aromatic rings. The number of rotatable bonds is 6. The van der Waals surface area contributed by atoms with E-state index in [4.69, 9.17) is 0 Å². The van der Waals surface area contributed by atoms with Gasteiger partial charge in [-0.15, -0.1) is 0 Å². The molecule has 1 unspecified atom stereocenters. The maximum atomic E-state index is 14.4. The summed E-state index contributed by atoms with van der Waals surface area (Å²) in [4.78, 5) is 16.4. The number of nitrogens with one attached hydrogen (secondary N) is 1. The van der Waals surface area contributed by atoms with Gasteiger partial charge in [0, 0.05) is 24.5 Å². The maximum absolute atomic E-state index is 14.4. The van der Waals surface area contributed by atoms with Crippen molar-refractivity contribution in [3.63, 3.8) is 0 Å². The Morgan fingerprint density at radius 2 is 1.96 bits per heavy atom. The van der Waals surface area contributed by atoms with Crippen molar-refractivity contribution in [2.45, 2.75) is 13.5 Å². The molecule has 0 fully saturated rings. The quantitative estimate of drug-likeness (QED) is 0.619. The average Bonchev–Trinajstić information content (AvgIpc) is 2.70. The number of aromatic nitrogens is 1. The van der Waals surface area contributed by atoms with Gasteiger partial charge >= 0.3 is 0 Å². The molecular weight excluding hydrogens is 381 g/mol. The molecule has 8 heteroatoms. The van der Waals surface area contributed by atoms with Crippen molar-refractivity contribution < 1.29 is 17.9 Å². The SMILES string of the molecule is Cc1ccc(N(c2cc(C(=O)NCc3cccnc3)ccc2F)S(=O)O)cc1. The van der Waals surface area contributed by atoms with Crippen molar-refractivity contribution in [1.82, 2.24) is 10.3 Å². The summed E-state index contributed by atoms with van der Waals surface area (Å²) in [5, 5.41) is 2.72. The van der Waals surface area contributed by atoms with E-state index in [9.17, 15) is 17.9 Å². The van der Waals surface area contributed by atoms with Crippen LogP contribution in [0.25, 0.3) is 0 Å². The van der Waals surface area contributed by atoms with Gasteiger partial charge in [-0.05, 0) is 48.9 Å². The minimum Gasteiger partial charge on any atom is -0.348 e. The molecule has 0 saturated carbocycles. The van der Waals surface area contributed by atoms with Crippen LogP contribution in [0.3, 0.4) is 0 Å². The Kier molecular flexibility index (Phi) is 6.13.